The maximum atomic E-state index is 11.5. The van der Waals surface area contributed by atoms with Crippen LogP contribution >= 0.6 is 0 Å². The van der Waals surface area contributed by atoms with E-state index in [1.807, 2.05) is 24.5 Å². The van der Waals surface area contributed by atoms with Gasteiger partial charge in [0.1, 0.15) is 0 Å². The molecule has 0 aliphatic rings. The number of benzene rings is 1. The summed E-state index contributed by atoms with van der Waals surface area (Å²) in [7, 11) is 1.62. The molecule has 112 valence electrons. The minimum absolute atomic E-state index is 0.0376. The van der Waals surface area contributed by atoms with Crippen LogP contribution in [-0.2, 0) is 16.1 Å². The smallest absolute Gasteiger partial charge is 0.221 e. The van der Waals surface area contributed by atoms with Crippen LogP contribution in [-0.4, -0.2) is 37.7 Å². The molecule has 0 aliphatic heterocycles. The van der Waals surface area contributed by atoms with Gasteiger partial charge < -0.3 is 15.4 Å². The van der Waals surface area contributed by atoms with Crippen molar-refractivity contribution in [1.82, 2.24) is 15.6 Å². The van der Waals surface area contributed by atoms with Crippen molar-refractivity contribution in [3.05, 3.63) is 42.2 Å². The fraction of sp³-hybridized carbons (Fsp3) is 0.375. The molecule has 0 saturated carbocycles. The van der Waals surface area contributed by atoms with E-state index in [2.05, 4.69) is 27.8 Å². The van der Waals surface area contributed by atoms with Crippen LogP contribution in [0.1, 0.15) is 12.0 Å². The maximum absolute atomic E-state index is 11.5. The number of carbonyl (C=O) groups excluding carboxylic acids is 1. The van der Waals surface area contributed by atoms with Gasteiger partial charge in [0.05, 0.1) is 6.61 Å². The Hall–Kier alpha value is -1.98. The lowest BCUT2D eigenvalue weighted by molar-refractivity contribution is -0.121. The van der Waals surface area contributed by atoms with Gasteiger partial charge in [-0.3, -0.25) is 9.78 Å². The summed E-state index contributed by atoms with van der Waals surface area (Å²) in [4.78, 5) is 15.8. The Balaban J connectivity index is 1.76. The maximum Gasteiger partial charge on any atom is 0.221 e. The number of hydrogen-bond donors (Lipinski definition) is 2. The van der Waals surface area contributed by atoms with Crippen molar-refractivity contribution in [2.45, 2.75) is 13.0 Å². The molecule has 0 radical (unpaired) electrons. The van der Waals surface area contributed by atoms with E-state index in [9.17, 15) is 4.79 Å². The molecule has 0 bridgehead atoms. The Morgan fingerprint density at radius 2 is 2.10 bits per heavy atom. The number of pyridine rings is 1. The number of amides is 1. The molecular formula is C16H21N3O2. The molecule has 1 heterocycles. The number of hydrogen-bond acceptors (Lipinski definition) is 4. The van der Waals surface area contributed by atoms with Crippen LogP contribution in [0.5, 0.6) is 0 Å². The Labute approximate surface area is 124 Å². The fourth-order valence-electron chi connectivity index (χ4n) is 2.13. The van der Waals surface area contributed by atoms with E-state index in [1.54, 1.807) is 7.11 Å². The molecule has 0 aliphatic carbocycles. The zero-order valence-corrected chi connectivity index (χ0v) is 12.3. The van der Waals surface area contributed by atoms with Crippen LogP contribution in [0.15, 0.2) is 36.7 Å². The molecular weight excluding hydrogens is 266 g/mol. The lowest BCUT2D eigenvalue weighted by atomic mass is 10.1. The predicted octanol–water partition coefficient (Wildman–Crippen LogP) is 1.48. The Morgan fingerprint density at radius 3 is 2.95 bits per heavy atom. The van der Waals surface area contributed by atoms with Gasteiger partial charge in [0.25, 0.3) is 0 Å². The first-order valence-corrected chi connectivity index (χ1v) is 7.09. The summed E-state index contributed by atoms with van der Waals surface area (Å²) < 4.78 is 4.88. The summed E-state index contributed by atoms with van der Waals surface area (Å²) in [6.07, 6.45) is 4.19. The lowest BCUT2D eigenvalue weighted by Crippen LogP contribution is -2.29. The Morgan fingerprint density at radius 1 is 1.24 bits per heavy atom. The van der Waals surface area contributed by atoms with Crippen LogP contribution < -0.4 is 10.6 Å². The third kappa shape index (κ3) is 4.81. The normalized spacial score (nSPS) is 10.7. The first-order valence-electron chi connectivity index (χ1n) is 7.09. The number of fused-ring (bicyclic) bond motifs is 1. The van der Waals surface area contributed by atoms with E-state index in [1.165, 1.54) is 5.39 Å². The third-order valence-electron chi connectivity index (χ3n) is 3.22. The summed E-state index contributed by atoms with van der Waals surface area (Å²) in [5.74, 6) is 0.0376. The highest BCUT2D eigenvalue weighted by atomic mass is 16.5. The highest BCUT2D eigenvalue weighted by Crippen LogP contribution is 2.16. The summed E-state index contributed by atoms with van der Waals surface area (Å²) in [5.41, 5.74) is 1.15. The zero-order chi connectivity index (χ0) is 14.9. The lowest BCUT2D eigenvalue weighted by Gasteiger charge is -2.08. The molecule has 5 nitrogen and oxygen atoms in total. The summed E-state index contributed by atoms with van der Waals surface area (Å²) in [5, 5.41) is 8.41. The minimum Gasteiger partial charge on any atom is -0.383 e. The number of rotatable bonds is 8. The van der Waals surface area contributed by atoms with E-state index in [-0.39, 0.29) is 5.91 Å². The molecule has 1 amide bonds. The number of nitrogens with zero attached hydrogens (tertiary/aromatic N) is 1. The number of nitrogens with one attached hydrogen (secondary N) is 2. The van der Waals surface area contributed by atoms with Gasteiger partial charge in [-0.25, -0.2) is 0 Å². The van der Waals surface area contributed by atoms with E-state index in [4.69, 9.17) is 4.74 Å². The highest BCUT2D eigenvalue weighted by Gasteiger charge is 2.02. The molecule has 0 spiro atoms. The first-order chi connectivity index (χ1) is 10.3. The molecule has 1 aromatic carbocycles. The number of aromatic nitrogens is 1. The summed E-state index contributed by atoms with van der Waals surface area (Å²) in [6, 6.07) is 8.17. The molecule has 0 fully saturated rings. The van der Waals surface area contributed by atoms with Gasteiger partial charge >= 0.3 is 0 Å². The second-order valence-corrected chi connectivity index (χ2v) is 4.79. The summed E-state index contributed by atoms with van der Waals surface area (Å²) in [6.45, 7) is 2.45. The van der Waals surface area contributed by atoms with Crippen molar-refractivity contribution in [2.24, 2.45) is 0 Å². The summed E-state index contributed by atoms with van der Waals surface area (Å²) >= 11 is 0. The third-order valence-corrected chi connectivity index (χ3v) is 3.22. The molecule has 0 saturated heterocycles. The van der Waals surface area contributed by atoms with E-state index in [0.717, 1.165) is 10.9 Å². The number of methoxy groups -OCH3 is 1. The molecule has 0 atom stereocenters. The van der Waals surface area contributed by atoms with Crippen molar-refractivity contribution < 1.29 is 9.53 Å². The second-order valence-electron chi connectivity index (χ2n) is 4.79. The second kappa shape index (κ2) is 8.34. The standard InChI is InChI=1S/C16H21N3O2/c1-21-9-8-19-16(20)6-7-17-11-14-12-18-10-13-4-2-3-5-15(13)14/h2-5,10,12,17H,6-9,11H2,1H3,(H,19,20). The Bertz CT molecular complexity index is 581. The van der Waals surface area contributed by atoms with Crippen molar-refractivity contribution in [1.29, 1.82) is 0 Å². The number of carbonyl (C=O) groups is 1. The molecule has 2 N–H and O–H groups in total. The predicted molar refractivity (Wildman–Crippen MR) is 83.0 cm³/mol. The zero-order valence-electron chi connectivity index (χ0n) is 12.3. The van der Waals surface area contributed by atoms with Gasteiger partial charge in [-0.1, -0.05) is 24.3 Å². The van der Waals surface area contributed by atoms with Gasteiger partial charge in [-0.2, -0.15) is 0 Å². The van der Waals surface area contributed by atoms with Gasteiger partial charge in [-0.15, -0.1) is 0 Å². The van der Waals surface area contributed by atoms with Gasteiger partial charge in [-0.05, 0) is 10.9 Å². The SMILES string of the molecule is COCCNC(=O)CCNCc1cncc2ccccc12. The van der Waals surface area contributed by atoms with Gasteiger partial charge in [0.2, 0.25) is 5.91 Å². The molecule has 2 rings (SSSR count). The number of ether oxygens (including phenoxy) is 1. The van der Waals surface area contributed by atoms with Crippen LogP contribution in [0.2, 0.25) is 0 Å². The van der Waals surface area contributed by atoms with Crippen LogP contribution in [0, 0.1) is 0 Å². The van der Waals surface area contributed by atoms with E-state index >= 15 is 0 Å². The first kappa shape index (κ1) is 15.4. The monoisotopic (exact) mass is 287 g/mol. The van der Waals surface area contributed by atoms with Gasteiger partial charge in [0, 0.05) is 50.9 Å². The van der Waals surface area contributed by atoms with E-state index in [0.29, 0.717) is 32.7 Å². The van der Waals surface area contributed by atoms with Crippen molar-refractivity contribution in [3.63, 3.8) is 0 Å². The Kier molecular flexibility index (Phi) is 6.12. The largest absolute Gasteiger partial charge is 0.383 e. The molecule has 0 unspecified atom stereocenters. The van der Waals surface area contributed by atoms with Gasteiger partial charge in [0.15, 0.2) is 0 Å². The molecule has 2 aromatic rings. The molecule has 1 aromatic heterocycles. The van der Waals surface area contributed by atoms with Crippen LogP contribution in [0.4, 0.5) is 0 Å². The fourth-order valence-corrected chi connectivity index (χ4v) is 2.13. The van der Waals surface area contributed by atoms with Crippen LogP contribution in [0.25, 0.3) is 10.8 Å². The molecule has 21 heavy (non-hydrogen) atoms. The highest BCUT2D eigenvalue weighted by molar-refractivity contribution is 5.84. The van der Waals surface area contributed by atoms with Crippen molar-refractivity contribution in [2.75, 3.05) is 26.8 Å². The average Bonchev–Trinajstić information content (AvgIpc) is 2.52. The van der Waals surface area contributed by atoms with Crippen LogP contribution in [0.3, 0.4) is 0 Å². The average molecular weight is 287 g/mol. The quantitative estimate of drug-likeness (QED) is 0.722. The van der Waals surface area contributed by atoms with E-state index < -0.39 is 0 Å². The molecule has 5 heteroatoms. The van der Waals surface area contributed by atoms with Crippen molar-refractivity contribution in [3.8, 4) is 0 Å². The van der Waals surface area contributed by atoms with Crippen molar-refractivity contribution >= 4 is 16.7 Å². The minimum atomic E-state index is 0.0376. The topological polar surface area (TPSA) is 63.2 Å².